The lowest BCUT2D eigenvalue weighted by Crippen LogP contribution is -2.63. The summed E-state index contributed by atoms with van der Waals surface area (Å²) in [7, 11) is 1.28. The van der Waals surface area contributed by atoms with E-state index in [-0.39, 0.29) is 28.8 Å². The van der Waals surface area contributed by atoms with Crippen molar-refractivity contribution in [3.8, 4) is 10.6 Å². The summed E-state index contributed by atoms with van der Waals surface area (Å²) in [5.74, 6) is -2.09. The maximum absolute atomic E-state index is 15.5. The van der Waals surface area contributed by atoms with E-state index in [4.69, 9.17) is 25.8 Å². The van der Waals surface area contributed by atoms with Crippen molar-refractivity contribution >= 4 is 56.8 Å². The van der Waals surface area contributed by atoms with Crippen molar-refractivity contribution in [3.05, 3.63) is 27.0 Å². The van der Waals surface area contributed by atoms with E-state index in [0.29, 0.717) is 34.9 Å². The van der Waals surface area contributed by atoms with E-state index in [2.05, 4.69) is 31.2 Å². The molecule has 0 spiro atoms. The van der Waals surface area contributed by atoms with Gasteiger partial charge < -0.3 is 19.5 Å². The van der Waals surface area contributed by atoms with Crippen LogP contribution in [0.5, 0.6) is 0 Å². The predicted molar refractivity (Wildman–Crippen MR) is 124 cm³/mol. The molecular weight excluding hydrogens is 541 g/mol. The number of hydrogen-bond donors (Lipinski definition) is 1. The molecule has 5 rings (SSSR count). The molecule has 33 heavy (non-hydrogen) atoms. The summed E-state index contributed by atoms with van der Waals surface area (Å²) in [5.41, 5.74) is -1.01. The molecule has 0 radical (unpaired) electrons. The number of rotatable bonds is 6. The number of halogens is 3. The minimum Gasteiger partial charge on any atom is -0.469 e. The number of hydrogen-bond acceptors (Lipinski definition) is 9. The van der Waals surface area contributed by atoms with Gasteiger partial charge in [-0.25, -0.2) is 19.2 Å². The highest BCUT2D eigenvalue weighted by atomic mass is 79.9. The average molecular weight is 563 g/mol. The summed E-state index contributed by atoms with van der Waals surface area (Å²) in [4.78, 5) is 34.0. The molecule has 0 saturated heterocycles. The zero-order valence-electron chi connectivity index (χ0n) is 17.9. The molecule has 3 fully saturated rings. The number of esters is 1. The summed E-state index contributed by atoms with van der Waals surface area (Å²) in [6, 6.07) is 2.77. The number of nitrogens with one attached hydrogen (secondary N) is 1. The number of carbonyl (C=O) groups excluding carboxylic acids is 2. The largest absolute Gasteiger partial charge is 0.508 e. The van der Waals surface area contributed by atoms with Crippen LogP contribution in [0, 0.1) is 17.7 Å². The molecule has 2 aromatic heterocycles. The van der Waals surface area contributed by atoms with Crippen molar-refractivity contribution in [1.82, 2.24) is 9.97 Å². The van der Waals surface area contributed by atoms with Gasteiger partial charge in [0.25, 0.3) is 0 Å². The summed E-state index contributed by atoms with van der Waals surface area (Å²) >= 11 is 10.4. The Balaban J connectivity index is 1.70. The van der Waals surface area contributed by atoms with Gasteiger partial charge in [0.2, 0.25) is 0 Å². The number of anilines is 1. The molecule has 0 aliphatic heterocycles. The second-order valence-electron chi connectivity index (χ2n) is 7.97. The van der Waals surface area contributed by atoms with E-state index in [1.54, 1.807) is 19.1 Å². The number of carbonyl (C=O) groups is 2. The van der Waals surface area contributed by atoms with E-state index in [9.17, 15) is 9.59 Å². The monoisotopic (exact) mass is 561 g/mol. The first-order chi connectivity index (χ1) is 15.8. The molecular formula is C21H22BrClFN3O5S. The van der Waals surface area contributed by atoms with Gasteiger partial charge in [-0.15, -0.1) is 11.3 Å². The topological polar surface area (TPSA) is 99.6 Å². The highest BCUT2D eigenvalue weighted by Gasteiger charge is 2.60. The minimum atomic E-state index is -1.10. The number of aromatic nitrogens is 2. The van der Waals surface area contributed by atoms with Crippen LogP contribution in [-0.2, 0) is 19.0 Å². The summed E-state index contributed by atoms with van der Waals surface area (Å²) < 4.78 is 31.9. The molecule has 8 nitrogen and oxygen atoms in total. The van der Waals surface area contributed by atoms with Gasteiger partial charge in [0.1, 0.15) is 17.2 Å². The van der Waals surface area contributed by atoms with Crippen LogP contribution in [-0.4, -0.2) is 47.5 Å². The Morgan fingerprint density at radius 2 is 2.06 bits per heavy atom. The van der Waals surface area contributed by atoms with Crippen molar-refractivity contribution in [2.24, 2.45) is 11.8 Å². The van der Waals surface area contributed by atoms with E-state index in [0.717, 1.165) is 0 Å². The Labute approximate surface area is 207 Å². The first-order valence-corrected chi connectivity index (χ1v) is 12.5. The van der Waals surface area contributed by atoms with Crippen LogP contribution in [0.3, 0.4) is 0 Å². The second kappa shape index (κ2) is 9.71. The van der Waals surface area contributed by atoms with Crippen LogP contribution >= 0.6 is 38.9 Å². The van der Waals surface area contributed by atoms with E-state index in [1.165, 1.54) is 18.4 Å². The Kier molecular flexibility index (Phi) is 7.11. The van der Waals surface area contributed by atoms with Gasteiger partial charge in [0.05, 0.1) is 22.9 Å². The van der Waals surface area contributed by atoms with Gasteiger partial charge in [-0.2, -0.15) is 0 Å². The average Bonchev–Trinajstić information content (AvgIpc) is 3.22. The van der Waals surface area contributed by atoms with Gasteiger partial charge in [0, 0.05) is 6.04 Å². The Morgan fingerprint density at radius 3 is 2.67 bits per heavy atom. The third-order valence-corrected chi connectivity index (χ3v) is 7.84. The molecule has 2 aromatic rings. The second-order valence-corrected chi connectivity index (χ2v) is 10.4. The highest BCUT2D eigenvalue weighted by molar-refractivity contribution is 9.10. The quantitative estimate of drug-likeness (QED) is 0.367. The Morgan fingerprint density at radius 1 is 1.33 bits per heavy atom. The fourth-order valence-corrected chi connectivity index (χ4v) is 6.23. The number of fused-ring (bicyclic) bond motifs is 3. The van der Waals surface area contributed by atoms with E-state index >= 15 is 4.39 Å². The molecule has 3 aliphatic rings. The zero-order chi connectivity index (χ0) is 23.8. The van der Waals surface area contributed by atoms with Gasteiger partial charge in [0.15, 0.2) is 16.4 Å². The van der Waals surface area contributed by atoms with Gasteiger partial charge in [-0.1, -0.05) is 11.6 Å². The molecule has 3 aliphatic carbocycles. The number of thiophene rings is 1. The molecule has 2 atom stereocenters. The first kappa shape index (κ1) is 24.2. The van der Waals surface area contributed by atoms with Crippen molar-refractivity contribution in [2.75, 3.05) is 19.0 Å². The van der Waals surface area contributed by atoms with Crippen molar-refractivity contribution in [2.45, 2.75) is 44.2 Å². The van der Waals surface area contributed by atoms with Gasteiger partial charge in [-0.3, -0.25) is 4.79 Å². The normalized spacial score (nSPS) is 26.0. The minimum absolute atomic E-state index is 0.0366. The summed E-state index contributed by atoms with van der Waals surface area (Å²) in [6.45, 7) is 1.82. The van der Waals surface area contributed by atoms with Crippen molar-refractivity contribution in [3.63, 3.8) is 0 Å². The fourth-order valence-electron chi connectivity index (χ4n) is 4.84. The molecule has 12 heteroatoms. The van der Waals surface area contributed by atoms with Crippen LogP contribution in [0.1, 0.15) is 32.6 Å². The molecule has 3 saturated carbocycles. The Hall–Kier alpha value is -1.98. The lowest BCUT2D eigenvalue weighted by molar-refractivity contribution is -0.175. The maximum atomic E-state index is 15.5. The molecule has 2 bridgehead atoms. The van der Waals surface area contributed by atoms with E-state index in [1.807, 2.05) is 0 Å². The van der Waals surface area contributed by atoms with E-state index < -0.39 is 35.5 Å². The van der Waals surface area contributed by atoms with Crippen LogP contribution in [0.4, 0.5) is 15.0 Å². The van der Waals surface area contributed by atoms with Gasteiger partial charge in [-0.05, 0) is 66.6 Å². The number of methoxy groups -OCH3 is 1. The Bertz CT molecular complexity index is 1060. The predicted octanol–water partition coefficient (Wildman–Crippen LogP) is 5.45. The SMILES string of the molecule is CCOC(=O)OC12CCC(CC1)[C@H](Nc1nc(Br)nc(-c3ccc(Cl)s3)c1F)[C@H]2C(=O)OC. The lowest BCUT2D eigenvalue weighted by atomic mass is 9.58. The standard InChI is InChI=1S/C21H22BrClFN3O5S/c1-3-31-20(29)32-21-8-6-10(7-9-21)15(13(21)18(28)30-2)25-17-14(24)16(26-19(22)27-17)11-4-5-12(23)33-11/h4-5,10,13,15H,3,6-9H2,1-2H3,(H,25,26,27)/t10?,13-,15-,21?/m0/s1. The molecule has 1 N–H and O–H groups in total. The van der Waals surface area contributed by atoms with Crippen LogP contribution in [0.25, 0.3) is 10.6 Å². The third-order valence-electron chi connectivity index (χ3n) is 6.25. The zero-order valence-corrected chi connectivity index (χ0v) is 21.1. The maximum Gasteiger partial charge on any atom is 0.508 e. The van der Waals surface area contributed by atoms with Gasteiger partial charge >= 0.3 is 12.1 Å². The number of nitrogens with zero attached hydrogens (tertiary/aromatic N) is 2. The third kappa shape index (κ3) is 4.67. The fraction of sp³-hybridized carbons (Fsp3) is 0.524. The van der Waals surface area contributed by atoms with Crippen molar-refractivity contribution < 1.29 is 28.2 Å². The number of ether oxygens (including phenoxy) is 3. The highest BCUT2D eigenvalue weighted by Crippen LogP contribution is 2.52. The smallest absolute Gasteiger partial charge is 0.469 e. The molecule has 0 unspecified atom stereocenters. The van der Waals surface area contributed by atoms with Crippen LogP contribution in [0.2, 0.25) is 4.34 Å². The van der Waals surface area contributed by atoms with Crippen molar-refractivity contribution in [1.29, 1.82) is 0 Å². The first-order valence-electron chi connectivity index (χ1n) is 10.5. The van der Waals surface area contributed by atoms with Crippen LogP contribution < -0.4 is 5.32 Å². The molecule has 178 valence electrons. The summed E-state index contributed by atoms with van der Waals surface area (Å²) in [5, 5.41) is 3.12. The molecule has 0 amide bonds. The lowest BCUT2D eigenvalue weighted by Gasteiger charge is -2.53. The molecule has 2 heterocycles. The van der Waals surface area contributed by atoms with Crippen LogP contribution in [0.15, 0.2) is 16.9 Å². The summed E-state index contributed by atoms with van der Waals surface area (Å²) in [6.07, 6.45) is 1.52. The molecule has 0 aromatic carbocycles.